The molecule has 140 valence electrons. The quantitative estimate of drug-likeness (QED) is 0.751. The number of nitriles is 1. The Hall–Kier alpha value is -2.84. The van der Waals surface area contributed by atoms with Gasteiger partial charge in [0.2, 0.25) is 5.91 Å². The Labute approximate surface area is 160 Å². The molecule has 5 heteroatoms. The van der Waals surface area contributed by atoms with Gasteiger partial charge in [-0.25, -0.2) is 0 Å². The minimum atomic E-state index is 0.0336. The standard InChI is InChI=1S/C22H25N3O2/c1-27-20-11-5-8-18(16-20)21-12-6-14-24(21)17-22(26)25(15-7-13-23)19-9-3-2-4-10-19/h2-5,8-11,16,21H,6-7,12,14-15,17H2,1H3. The molecule has 0 spiro atoms. The van der Waals surface area contributed by atoms with Crippen LogP contribution in [0.15, 0.2) is 54.6 Å². The molecule has 3 rings (SSSR count). The number of carbonyl (C=O) groups excluding carboxylic acids is 1. The third-order valence-corrected chi connectivity index (χ3v) is 5.00. The molecule has 1 atom stereocenters. The van der Waals surface area contributed by atoms with Gasteiger partial charge in [-0.2, -0.15) is 5.26 Å². The predicted molar refractivity (Wildman–Crippen MR) is 106 cm³/mol. The maximum Gasteiger partial charge on any atom is 0.241 e. The molecule has 1 fully saturated rings. The molecule has 27 heavy (non-hydrogen) atoms. The second-order valence-electron chi connectivity index (χ2n) is 6.69. The van der Waals surface area contributed by atoms with Crippen molar-refractivity contribution < 1.29 is 9.53 Å². The van der Waals surface area contributed by atoms with Crippen LogP contribution in [0.1, 0.15) is 30.9 Å². The van der Waals surface area contributed by atoms with Gasteiger partial charge in [-0.3, -0.25) is 9.69 Å². The van der Waals surface area contributed by atoms with E-state index in [0.29, 0.717) is 19.5 Å². The molecule has 1 unspecified atom stereocenters. The van der Waals surface area contributed by atoms with Crippen molar-refractivity contribution in [3.8, 4) is 11.8 Å². The van der Waals surface area contributed by atoms with Crippen LogP contribution in [0.2, 0.25) is 0 Å². The normalized spacial score (nSPS) is 16.7. The Kier molecular flexibility index (Phi) is 6.45. The zero-order valence-electron chi connectivity index (χ0n) is 15.7. The molecule has 1 amide bonds. The predicted octanol–water partition coefficient (Wildman–Crippen LogP) is 3.78. The summed E-state index contributed by atoms with van der Waals surface area (Å²) in [5.74, 6) is 0.872. The maximum absolute atomic E-state index is 13.1. The number of likely N-dealkylation sites (tertiary alicyclic amines) is 1. The first-order chi connectivity index (χ1) is 13.2. The van der Waals surface area contributed by atoms with E-state index < -0.39 is 0 Å². The van der Waals surface area contributed by atoms with Gasteiger partial charge in [0, 0.05) is 18.3 Å². The lowest BCUT2D eigenvalue weighted by molar-refractivity contribution is -0.120. The van der Waals surface area contributed by atoms with Gasteiger partial charge in [0.1, 0.15) is 5.75 Å². The third-order valence-electron chi connectivity index (χ3n) is 5.00. The maximum atomic E-state index is 13.1. The van der Waals surface area contributed by atoms with E-state index in [0.717, 1.165) is 30.8 Å². The van der Waals surface area contributed by atoms with E-state index in [2.05, 4.69) is 23.1 Å². The molecule has 1 aliphatic heterocycles. The highest BCUT2D eigenvalue weighted by Gasteiger charge is 2.29. The van der Waals surface area contributed by atoms with Gasteiger partial charge < -0.3 is 9.64 Å². The second-order valence-corrected chi connectivity index (χ2v) is 6.69. The first-order valence-electron chi connectivity index (χ1n) is 9.33. The zero-order valence-corrected chi connectivity index (χ0v) is 15.7. The van der Waals surface area contributed by atoms with Crippen molar-refractivity contribution in [3.05, 3.63) is 60.2 Å². The molecular weight excluding hydrogens is 338 g/mol. The SMILES string of the molecule is COc1cccc(C2CCCN2CC(=O)N(CCC#N)c2ccccc2)c1. The van der Waals surface area contributed by atoms with Gasteiger partial charge in [-0.15, -0.1) is 0 Å². The smallest absolute Gasteiger partial charge is 0.241 e. The van der Waals surface area contributed by atoms with Gasteiger partial charge in [-0.05, 0) is 49.2 Å². The number of benzene rings is 2. The fourth-order valence-electron chi connectivity index (χ4n) is 3.67. The van der Waals surface area contributed by atoms with Gasteiger partial charge in [0.25, 0.3) is 0 Å². The highest BCUT2D eigenvalue weighted by molar-refractivity contribution is 5.94. The lowest BCUT2D eigenvalue weighted by atomic mass is 10.0. The summed E-state index contributed by atoms with van der Waals surface area (Å²) in [6.45, 7) is 1.66. The zero-order chi connectivity index (χ0) is 19.1. The Balaban J connectivity index is 1.75. The highest BCUT2D eigenvalue weighted by Crippen LogP contribution is 2.33. The molecule has 0 radical (unpaired) electrons. The number of hydrogen-bond acceptors (Lipinski definition) is 4. The summed E-state index contributed by atoms with van der Waals surface area (Å²) < 4.78 is 5.35. The van der Waals surface area contributed by atoms with Crippen LogP contribution in [0, 0.1) is 11.3 Å². The Bertz CT molecular complexity index is 801. The number of carbonyl (C=O) groups is 1. The number of anilines is 1. The van der Waals surface area contributed by atoms with Crippen molar-refractivity contribution in [2.75, 3.05) is 31.6 Å². The summed E-state index contributed by atoms with van der Waals surface area (Å²) in [6, 6.07) is 20.0. The van der Waals surface area contributed by atoms with E-state index in [4.69, 9.17) is 10.00 Å². The molecule has 2 aromatic carbocycles. The van der Waals surface area contributed by atoms with Gasteiger partial charge in [-0.1, -0.05) is 30.3 Å². The Morgan fingerprint density at radius 2 is 2.07 bits per heavy atom. The third kappa shape index (κ3) is 4.66. The van der Waals surface area contributed by atoms with Crippen molar-refractivity contribution >= 4 is 11.6 Å². The summed E-state index contributed by atoms with van der Waals surface area (Å²) in [5.41, 5.74) is 2.03. The van der Waals surface area contributed by atoms with E-state index in [1.807, 2.05) is 42.5 Å². The average molecular weight is 363 g/mol. The van der Waals surface area contributed by atoms with Gasteiger partial charge >= 0.3 is 0 Å². The fourth-order valence-corrected chi connectivity index (χ4v) is 3.67. The van der Waals surface area contributed by atoms with Gasteiger partial charge in [0.15, 0.2) is 0 Å². The summed E-state index contributed by atoms with van der Waals surface area (Å²) in [7, 11) is 1.67. The molecule has 2 aromatic rings. The number of para-hydroxylation sites is 1. The van der Waals surface area contributed by atoms with Crippen LogP contribution in [0.5, 0.6) is 5.75 Å². The molecule has 0 aromatic heterocycles. The summed E-state index contributed by atoms with van der Waals surface area (Å²) >= 11 is 0. The second kappa shape index (κ2) is 9.20. The van der Waals surface area contributed by atoms with Crippen molar-refractivity contribution in [1.82, 2.24) is 4.90 Å². The van der Waals surface area contributed by atoms with Crippen LogP contribution >= 0.6 is 0 Å². The lowest BCUT2D eigenvalue weighted by Gasteiger charge is -2.28. The summed E-state index contributed by atoms with van der Waals surface area (Å²) in [4.78, 5) is 17.0. The Morgan fingerprint density at radius 3 is 2.81 bits per heavy atom. The van der Waals surface area contributed by atoms with Crippen molar-refractivity contribution in [1.29, 1.82) is 5.26 Å². The summed E-state index contributed by atoms with van der Waals surface area (Å²) in [5, 5.41) is 8.96. The van der Waals surface area contributed by atoms with E-state index in [1.54, 1.807) is 12.0 Å². The van der Waals surface area contributed by atoms with Crippen molar-refractivity contribution in [2.45, 2.75) is 25.3 Å². The minimum Gasteiger partial charge on any atom is -0.497 e. The van der Waals surface area contributed by atoms with Crippen LogP contribution in [-0.4, -0.2) is 37.6 Å². The monoisotopic (exact) mass is 363 g/mol. The first-order valence-corrected chi connectivity index (χ1v) is 9.33. The topological polar surface area (TPSA) is 56.6 Å². The number of methoxy groups -OCH3 is 1. The van der Waals surface area contributed by atoms with Crippen LogP contribution < -0.4 is 9.64 Å². The van der Waals surface area contributed by atoms with Crippen LogP contribution in [0.3, 0.4) is 0 Å². The Morgan fingerprint density at radius 1 is 1.26 bits per heavy atom. The summed E-state index contributed by atoms with van der Waals surface area (Å²) in [6.07, 6.45) is 2.42. The number of nitrogens with zero attached hydrogens (tertiary/aromatic N) is 3. The fraction of sp³-hybridized carbons (Fsp3) is 0.364. The number of amides is 1. The van der Waals surface area contributed by atoms with E-state index in [9.17, 15) is 4.79 Å². The lowest BCUT2D eigenvalue weighted by Crippen LogP contribution is -2.40. The van der Waals surface area contributed by atoms with Gasteiger partial charge in [0.05, 0.1) is 26.1 Å². The first kappa shape index (κ1) is 18.9. The molecule has 5 nitrogen and oxygen atoms in total. The molecular formula is C22H25N3O2. The molecule has 0 N–H and O–H groups in total. The largest absolute Gasteiger partial charge is 0.497 e. The van der Waals surface area contributed by atoms with E-state index in [1.165, 1.54) is 5.56 Å². The molecule has 0 saturated carbocycles. The van der Waals surface area contributed by atoms with Crippen LogP contribution in [-0.2, 0) is 4.79 Å². The average Bonchev–Trinajstić information content (AvgIpc) is 3.17. The van der Waals surface area contributed by atoms with Crippen LogP contribution in [0.25, 0.3) is 0 Å². The number of hydrogen-bond donors (Lipinski definition) is 0. The van der Waals surface area contributed by atoms with Crippen LogP contribution in [0.4, 0.5) is 5.69 Å². The molecule has 1 aliphatic rings. The molecule has 1 saturated heterocycles. The molecule has 0 aliphatic carbocycles. The van der Waals surface area contributed by atoms with Crippen molar-refractivity contribution in [2.24, 2.45) is 0 Å². The van der Waals surface area contributed by atoms with Crippen molar-refractivity contribution in [3.63, 3.8) is 0 Å². The minimum absolute atomic E-state index is 0.0336. The highest BCUT2D eigenvalue weighted by atomic mass is 16.5. The number of rotatable bonds is 7. The molecule has 1 heterocycles. The molecule has 0 bridgehead atoms. The van der Waals surface area contributed by atoms with E-state index >= 15 is 0 Å². The van der Waals surface area contributed by atoms with E-state index in [-0.39, 0.29) is 11.9 Å². The number of ether oxygens (including phenoxy) is 1.